The van der Waals surface area contributed by atoms with E-state index < -0.39 is 24.1 Å². The molecule has 1 aliphatic heterocycles. The standard InChI is InChI=1S/C15H16F2N4O2/c1-21-13-9(4-8(18)5-19-13)10-11(14(21)22)23-6-15(16,17)12(20-10)7-2-3-7/h4-5,7,12,20H,2-3,6,18H2,1H3/t12-/m0/s1. The summed E-state index contributed by atoms with van der Waals surface area (Å²) in [6.07, 6.45) is 2.91. The Hall–Kier alpha value is -2.38. The number of nitrogens with one attached hydrogen (secondary N) is 1. The molecule has 2 aromatic rings. The molecular formula is C15H16F2N4O2. The predicted octanol–water partition coefficient (Wildman–Crippen LogP) is 1.73. The Morgan fingerprint density at radius 3 is 2.91 bits per heavy atom. The molecule has 0 radical (unpaired) electrons. The fourth-order valence-corrected chi connectivity index (χ4v) is 3.09. The van der Waals surface area contributed by atoms with E-state index in [1.165, 1.54) is 17.8 Å². The number of ether oxygens (including phenoxy) is 1. The second-order valence-electron chi connectivity index (χ2n) is 6.22. The van der Waals surface area contributed by atoms with Crippen LogP contribution in [0, 0.1) is 5.92 Å². The van der Waals surface area contributed by atoms with E-state index in [0.29, 0.717) is 16.7 Å². The van der Waals surface area contributed by atoms with Crippen molar-refractivity contribution in [1.82, 2.24) is 9.55 Å². The number of hydrogen-bond acceptors (Lipinski definition) is 5. The summed E-state index contributed by atoms with van der Waals surface area (Å²) in [6.45, 7) is -0.815. The van der Waals surface area contributed by atoms with E-state index >= 15 is 0 Å². The van der Waals surface area contributed by atoms with Crippen molar-refractivity contribution in [3.05, 3.63) is 22.6 Å². The summed E-state index contributed by atoms with van der Waals surface area (Å²) in [5.74, 6) is -3.27. The van der Waals surface area contributed by atoms with Gasteiger partial charge < -0.3 is 15.8 Å². The molecule has 2 aliphatic rings. The van der Waals surface area contributed by atoms with Gasteiger partial charge in [0, 0.05) is 12.4 Å². The third kappa shape index (κ3) is 2.12. The molecule has 0 bridgehead atoms. The van der Waals surface area contributed by atoms with Crippen LogP contribution >= 0.6 is 0 Å². The maximum Gasteiger partial charge on any atom is 0.301 e. The number of aromatic nitrogens is 2. The minimum absolute atomic E-state index is 0.102. The SMILES string of the molecule is Cn1c(=O)c2c(c3cc(N)cnc31)N[C@@H](C1CC1)C(F)(F)CO2. The Morgan fingerprint density at radius 1 is 1.48 bits per heavy atom. The zero-order valence-electron chi connectivity index (χ0n) is 12.5. The lowest BCUT2D eigenvalue weighted by atomic mass is 10.1. The quantitative estimate of drug-likeness (QED) is 0.835. The monoisotopic (exact) mass is 322 g/mol. The first-order chi connectivity index (χ1) is 10.9. The first-order valence-electron chi connectivity index (χ1n) is 7.44. The average Bonchev–Trinajstić information content (AvgIpc) is 3.32. The van der Waals surface area contributed by atoms with Gasteiger partial charge in [0.2, 0.25) is 5.75 Å². The molecule has 3 heterocycles. The van der Waals surface area contributed by atoms with Crippen molar-refractivity contribution in [2.24, 2.45) is 13.0 Å². The van der Waals surface area contributed by atoms with Crippen LogP contribution < -0.4 is 21.3 Å². The lowest BCUT2D eigenvalue weighted by Gasteiger charge is -2.25. The van der Waals surface area contributed by atoms with Crippen molar-refractivity contribution < 1.29 is 13.5 Å². The van der Waals surface area contributed by atoms with E-state index in [0.717, 1.165) is 12.8 Å². The van der Waals surface area contributed by atoms with Crippen molar-refractivity contribution in [2.45, 2.75) is 24.8 Å². The number of halogens is 2. The van der Waals surface area contributed by atoms with Gasteiger partial charge in [-0.1, -0.05) is 0 Å². The number of rotatable bonds is 1. The van der Waals surface area contributed by atoms with E-state index in [1.807, 2.05) is 0 Å². The van der Waals surface area contributed by atoms with Gasteiger partial charge in [-0.25, -0.2) is 13.8 Å². The van der Waals surface area contributed by atoms with Gasteiger partial charge in [-0.15, -0.1) is 0 Å². The molecule has 3 N–H and O–H groups in total. The van der Waals surface area contributed by atoms with Gasteiger partial charge in [-0.05, 0) is 24.8 Å². The van der Waals surface area contributed by atoms with Gasteiger partial charge in [-0.2, -0.15) is 0 Å². The number of pyridine rings is 2. The smallest absolute Gasteiger partial charge is 0.301 e. The van der Waals surface area contributed by atoms with Crippen molar-refractivity contribution in [3.8, 4) is 5.75 Å². The van der Waals surface area contributed by atoms with Crippen LogP contribution in [-0.4, -0.2) is 28.1 Å². The number of nitrogens with two attached hydrogens (primary N) is 1. The number of nitrogen functional groups attached to an aromatic ring is 1. The molecule has 4 rings (SSSR count). The van der Waals surface area contributed by atoms with Gasteiger partial charge in [0.1, 0.15) is 5.65 Å². The van der Waals surface area contributed by atoms with Crippen molar-refractivity contribution >= 4 is 22.4 Å². The largest absolute Gasteiger partial charge is 0.480 e. The maximum absolute atomic E-state index is 14.4. The molecular weight excluding hydrogens is 306 g/mol. The number of alkyl halides is 2. The number of fused-ring (bicyclic) bond motifs is 3. The summed E-state index contributed by atoms with van der Waals surface area (Å²) in [7, 11) is 1.53. The summed E-state index contributed by atoms with van der Waals surface area (Å²) in [5.41, 5.74) is 6.30. The van der Waals surface area contributed by atoms with Crippen LogP contribution in [0.1, 0.15) is 12.8 Å². The van der Waals surface area contributed by atoms with Gasteiger partial charge in [0.05, 0.1) is 23.6 Å². The fraction of sp³-hybridized carbons (Fsp3) is 0.467. The molecule has 1 aliphatic carbocycles. The summed E-state index contributed by atoms with van der Waals surface area (Å²) >= 11 is 0. The molecule has 0 unspecified atom stereocenters. The minimum Gasteiger partial charge on any atom is -0.480 e. The molecule has 122 valence electrons. The summed E-state index contributed by atoms with van der Waals surface area (Å²) < 4.78 is 35.2. The average molecular weight is 322 g/mol. The van der Waals surface area contributed by atoms with Gasteiger partial charge in [-0.3, -0.25) is 9.36 Å². The molecule has 23 heavy (non-hydrogen) atoms. The fourth-order valence-electron chi connectivity index (χ4n) is 3.09. The normalized spacial score (nSPS) is 22.8. The molecule has 1 saturated carbocycles. The molecule has 1 atom stereocenters. The number of aryl methyl sites for hydroxylation is 1. The van der Waals surface area contributed by atoms with E-state index in [9.17, 15) is 13.6 Å². The lowest BCUT2D eigenvalue weighted by molar-refractivity contribution is -0.0579. The van der Waals surface area contributed by atoms with E-state index in [2.05, 4.69) is 10.3 Å². The van der Waals surface area contributed by atoms with Crippen LogP contribution in [-0.2, 0) is 7.05 Å². The zero-order valence-corrected chi connectivity index (χ0v) is 12.5. The molecule has 6 nitrogen and oxygen atoms in total. The van der Waals surface area contributed by atoms with Crippen LogP contribution in [0.3, 0.4) is 0 Å². The molecule has 0 aromatic carbocycles. The van der Waals surface area contributed by atoms with Crippen LogP contribution in [0.5, 0.6) is 5.75 Å². The number of anilines is 2. The van der Waals surface area contributed by atoms with Crippen LogP contribution in [0.4, 0.5) is 20.2 Å². The first kappa shape index (κ1) is 14.2. The van der Waals surface area contributed by atoms with E-state index in [4.69, 9.17) is 10.5 Å². The van der Waals surface area contributed by atoms with Crippen molar-refractivity contribution in [2.75, 3.05) is 17.7 Å². The third-order valence-corrected chi connectivity index (χ3v) is 4.46. The first-order valence-corrected chi connectivity index (χ1v) is 7.44. The second-order valence-corrected chi connectivity index (χ2v) is 6.22. The lowest BCUT2D eigenvalue weighted by Crippen LogP contribution is -2.44. The Balaban J connectivity index is 1.99. The maximum atomic E-state index is 14.4. The minimum atomic E-state index is -3.05. The molecule has 0 saturated heterocycles. The second kappa shape index (κ2) is 4.56. The molecule has 8 heteroatoms. The highest BCUT2D eigenvalue weighted by Crippen LogP contribution is 2.45. The van der Waals surface area contributed by atoms with Crippen LogP contribution in [0.25, 0.3) is 11.0 Å². The highest BCUT2D eigenvalue weighted by Gasteiger charge is 2.51. The van der Waals surface area contributed by atoms with Crippen LogP contribution in [0.15, 0.2) is 17.1 Å². The third-order valence-electron chi connectivity index (χ3n) is 4.46. The number of hydrogen-bond donors (Lipinski definition) is 2. The van der Waals surface area contributed by atoms with E-state index in [1.54, 1.807) is 6.07 Å². The molecule has 2 aromatic heterocycles. The summed E-state index contributed by atoms with van der Waals surface area (Å²) in [6, 6.07) is 0.560. The van der Waals surface area contributed by atoms with Gasteiger partial charge in [0.15, 0.2) is 6.61 Å². The van der Waals surface area contributed by atoms with E-state index in [-0.39, 0.29) is 17.4 Å². The predicted molar refractivity (Wildman–Crippen MR) is 82.0 cm³/mol. The summed E-state index contributed by atoms with van der Waals surface area (Å²) in [4.78, 5) is 16.6. The Bertz CT molecular complexity index is 861. The Labute approximate surface area is 130 Å². The summed E-state index contributed by atoms with van der Waals surface area (Å²) in [5, 5.41) is 3.37. The topological polar surface area (TPSA) is 82.2 Å². The highest BCUT2D eigenvalue weighted by molar-refractivity contribution is 5.94. The Kier molecular flexibility index (Phi) is 2.82. The zero-order chi connectivity index (χ0) is 16.4. The van der Waals surface area contributed by atoms with Crippen LogP contribution in [0.2, 0.25) is 0 Å². The van der Waals surface area contributed by atoms with Gasteiger partial charge >= 0.3 is 5.92 Å². The van der Waals surface area contributed by atoms with Crippen molar-refractivity contribution in [1.29, 1.82) is 0 Å². The molecule has 0 spiro atoms. The van der Waals surface area contributed by atoms with Gasteiger partial charge in [0.25, 0.3) is 5.56 Å². The van der Waals surface area contributed by atoms with Crippen molar-refractivity contribution in [3.63, 3.8) is 0 Å². The highest BCUT2D eigenvalue weighted by atomic mass is 19.3. The Morgan fingerprint density at radius 2 is 2.22 bits per heavy atom. The molecule has 1 fully saturated rings. The number of nitrogens with zero attached hydrogens (tertiary/aromatic N) is 2. The molecule has 0 amide bonds.